The molecule has 0 aliphatic heterocycles. The Morgan fingerprint density at radius 3 is 2.83 bits per heavy atom. The van der Waals surface area contributed by atoms with Gasteiger partial charge in [-0.1, -0.05) is 23.7 Å². The number of rotatable bonds is 4. The van der Waals surface area contributed by atoms with E-state index in [1.165, 1.54) is 23.9 Å². The molecule has 4 nitrogen and oxygen atoms in total. The zero-order valence-corrected chi connectivity index (χ0v) is 10.3. The molecule has 2 aromatic rings. The maximum atomic E-state index is 13.6. The van der Waals surface area contributed by atoms with E-state index in [4.69, 9.17) is 16.3 Å². The Kier molecular flexibility index (Phi) is 3.74. The van der Waals surface area contributed by atoms with Crippen LogP contribution in [0.5, 0.6) is 0 Å². The van der Waals surface area contributed by atoms with E-state index >= 15 is 0 Å². The Morgan fingerprint density at radius 1 is 1.50 bits per heavy atom. The topological polar surface area (TPSA) is 44.1 Å². The van der Waals surface area contributed by atoms with Crippen molar-refractivity contribution in [1.29, 1.82) is 0 Å². The average molecular weight is 269 g/mol. The van der Waals surface area contributed by atoms with E-state index in [-0.39, 0.29) is 23.0 Å². The van der Waals surface area contributed by atoms with Crippen molar-refractivity contribution in [2.45, 2.75) is 6.61 Å². The molecule has 0 unspecified atom stereocenters. The summed E-state index contributed by atoms with van der Waals surface area (Å²) in [6.45, 7) is 0.134. The molecule has 2 rings (SSSR count). The van der Waals surface area contributed by atoms with Gasteiger partial charge in [0.1, 0.15) is 22.4 Å². The summed E-state index contributed by atoms with van der Waals surface area (Å²) in [6, 6.07) is 6.04. The third-order valence-corrected chi connectivity index (χ3v) is 2.78. The number of para-hydroxylation sites is 1. The van der Waals surface area contributed by atoms with Gasteiger partial charge in [0.2, 0.25) is 0 Å². The van der Waals surface area contributed by atoms with E-state index in [0.717, 1.165) is 0 Å². The van der Waals surface area contributed by atoms with E-state index in [1.54, 1.807) is 12.1 Å². The average Bonchev–Trinajstić information content (AvgIpc) is 2.67. The van der Waals surface area contributed by atoms with Crippen LogP contribution in [-0.4, -0.2) is 23.2 Å². The maximum absolute atomic E-state index is 13.6. The number of ether oxygens (including phenoxy) is 1. The van der Waals surface area contributed by atoms with E-state index < -0.39 is 5.82 Å². The molecule has 0 aliphatic carbocycles. The molecule has 0 saturated carbocycles. The molecule has 0 atom stereocenters. The standard InChI is InChI=1S/C12H10ClFN2O2/c1-18-7-10-8(6-17)12(13)16(15-10)11-5-3-2-4-9(11)14/h2-6H,7H2,1H3. The summed E-state index contributed by atoms with van der Waals surface area (Å²) < 4.78 is 19.8. The highest BCUT2D eigenvalue weighted by Crippen LogP contribution is 2.24. The predicted molar refractivity (Wildman–Crippen MR) is 64.6 cm³/mol. The van der Waals surface area contributed by atoms with Gasteiger partial charge in [-0.2, -0.15) is 5.10 Å². The molecule has 0 aliphatic rings. The van der Waals surface area contributed by atoms with E-state index in [0.29, 0.717) is 12.0 Å². The first-order chi connectivity index (χ1) is 8.69. The van der Waals surface area contributed by atoms with Crippen molar-refractivity contribution in [3.05, 3.63) is 46.5 Å². The smallest absolute Gasteiger partial charge is 0.155 e. The molecule has 0 fully saturated rings. The Balaban J connectivity index is 2.59. The van der Waals surface area contributed by atoms with Crippen LogP contribution < -0.4 is 0 Å². The molecule has 0 spiro atoms. The Morgan fingerprint density at radius 2 is 2.22 bits per heavy atom. The summed E-state index contributed by atoms with van der Waals surface area (Å²) in [5.41, 5.74) is 0.774. The molecule has 0 radical (unpaired) electrons. The number of carbonyl (C=O) groups is 1. The third-order valence-electron chi connectivity index (χ3n) is 2.42. The van der Waals surface area contributed by atoms with Gasteiger partial charge in [-0.25, -0.2) is 9.07 Å². The normalized spacial score (nSPS) is 10.6. The zero-order valence-electron chi connectivity index (χ0n) is 9.56. The van der Waals surface area contributed by atoms with Gasteiger partial charge < -0.3 is 4.74 Å². The van der Waals surface area contributed by atoms with Crippen LogP contribution in [0.15, 0.2) is 24.3 Å². The fraction of sp³-hybridized carbons (Fsp3) is 0.167. The lowest BCUT2D eigenvalue weighted by atomic mass is 10.3. The molecule has 1 aromatic carbocycles. The third kappa shape index (κ3) is 2.14. The number of benzene rings is 1. The van der Waals surface area contributed by atoms with Gasteiger partial charge in [-0.05, 0) is 12.1 Å². The Labute approximate surface area is 108 Å². The minimum absolute atomic E-state index is 0.0714. The SMILES string of the molecule is COCc1nn(-c2ccccc2F)c(Cl)c1C=O. The zero-order chi connectivity index (χ0) is 13.1. The molecular formula is C12H10ClFN2O2. The number of hydrogen-bond acceptors (Lipinski definition) is 3. The summed E-state index contributed by atoms with van der Waals surface area (Å²) in [4.78, 5) is 11.0. The van der Waals surface area contributed by atoms with Crippen molar-refractivity contribution in [2.24, 2.45) is 0 Å². The van der Waals surface area contributed by atoms with Crippen molar-refractivity contribution >= 4 is 17.9 Å². The van der Waals surface area contributed by atoms with Crippen LogP contribution in [0.1, 0.15) is 16.1 Å². The van der Waals surface area contributed by atoms with Crippen molar-refractivity contribution in [1.82, 2.24) is 9.78 Å². The van der Waals surface area contributed by atoms with Crippen LogP contribution >= 0.6 is 11.6 Å². The van der Waals surface area contributed by atoms with Gasteiger partial charge in [0.15, 0.2) is 6.29 Å². The number of hydrogen-bond donors (Lipinski definition) is 0. The van der Waals surface area contributed by atoms with Crippen LogP contribution in [0, 0.1) is 5.82 Å². The van der Waals surface area contributed by atoms with Crippen molar-refractivity contribution in [2.75, 3.05) is 7.11 Å². The first-order valence-corrected chi connectivity index (χ1v) is 5.53. The lowest BCUT2D eigenvalue weighted by Gasteiger charge is -2.03. The highest BCUT2D eigenvalue weighted by atomic mass is 35.5. The molecule has 0 bridgehead atoms. The summed E-state index contributed by atoms with van der Waals surface area (Å²) >= 11 is 6.02. The lowest BCUT2D eigenvalue weighted by molar-refractivity contribution is 0.111. The van der Waals surface area contributed by atoms with Gasteiger partial charge in [0.25, 0.3) is 0 Å². The van der Waals surface area contributed by atoms with Crippen molar-refractivity contribution in [3.63, 3.8) is 0 Å². The van der Waals surface area contributed by atoms with Gasteiger partial charge in [-0.3, -0.25) is 4.79 Å². The van der Waals surface area contributed by atoms with Crippen molar-refractivity contribution in [3.8, 4) is 5.69 Å². The highest BCUT2D eigenvalue weighted by Gasteiger charge is 2.18. The Bertz CT molecular complexity index is 583. The minimum Gasteiger partial charge on any atom is -0.378 e. The first kappa shape index (κ1) is 12.7. The second-order valence-corrected chi connectivity index (χ2v) is 3.92. The molecule has 6 heteroatoms. The van der Waals surface area contributed by atoms with Crippen LogP contribution in [0.25, 0.3) is 5.69 Å². The van der Waals surface area contributed by atoms with Crippen LogP contribution in [0.3, 0.4) is 0 Å². The monoisotopic (exact) mass is 268 g/mol. The van der Waals surface area contributed by atoms with E-state index in [1.807, 2.05) is 0 Å². The summed E-state index contributed by atoms with van der Waals surface area (Å²) in [7, 11) is 1.48. The van der Waals surface area contributed by atoms with Crippen LogP contribution in [0.2, 0.25) is 5.15 Å². The number of aromatic nitrogens is 2. The number of halogens is 2. The number of methoxy groups -OCH3 is 1. The Hall–Kier alpha value is -1.72. The molecule has 18 heavy (non-hydrogen) atoms. The first-order valence-electron chi connectivity index (χ1n) is 5.15. The fourth-order valence-corrected chi connectivity index (χ4v) is 1.88. The summed E-state index contributed by atoms with van der Waals surface area (Å²) in [6.07, 6.45) is 0.584. The van der Waals surface area contributed by atoms with Crippen molar-refractivity contribution < 1.29 is 13.9 Å². The molecule has 0 saturated heterocycles. The quantitative estimate of drug-likeness (QED) is 0.801. The minimum atomic E-state index is -0.469. The van der Waals surface area contributed by atoms with Crippen LogP contribution in [-0.2, 0) is 11.3 Å². The van der Waals surface area contributed by atoms with Gasteiger partial charge in [-0.15, -0.1) is 0 Å². The summed E-state index contributed by atoms with van der Waals surface area (Å²) in [5, 5.41) is 4.16. The molecule has 1 aromatic heterocycles. The number of aldehydes is 1. The number of nitrogens with zero attached hydrogens (tertiary/aromatic N) is 2. The summed E-state index contributed by atoms with van der Waals surface area (Å²) in [5.74, 6) is -0.469. The van der Waals surface area contributed by atoms with E-state index in [9.17, 15) is 9.18 Å². The van der Waals surface area contributed by atoms with Gasteiger partial charge in [0, 0.05) is 7.11 Å². The number of carbonyl (C=O) groups excluding carboxylic acids is 1. The van der Waals surface area contributed by atoms with E-state index in [2.05, 4.69) is 5.10 Å². The highest BCUT2D eigenvalue weighted by molar-refractivity contribution is 6.32. The van der Waals surface area contributed by atoms with Crippen LogP contribution in [0.4, 0.5) is 4.39 Å². The van der Waals surface area contributed by atoms with Gasteiger partial charge >= 0.3 is 0 Å². The lowest BCUT2D eigenvalue weighted by Crippen LogP contribution is -2.00. The maximum Gasteiger partial charge on any atom is 0.155 e. The molecule has 0 amide bonds. The molecule has 0 N–H and O–H groups in total. The fourth-order valence-electron chi connectivity index (χ4n) is 1.59. The molecule has 94 valence electrons. The predicted octanol–water partition coefficient (Wildman–Crippen LogP) is 2.62. The second-order valence-electron chi connectivity index (χ2n) is 3.57. The van der Waals surface area contributed by atoms with Gasteiger partial charge in [0.05, 0.1) is 12.2 Å². The largest absolute Gasteiger partial charge is 0.378 e. The molecular weight excluding hydrogens is 259 g/mol. The second kappa shape index (κ2) is 5.29. The molecule has 1 heterocycles.